The Morgan fingerprint density at radius 1 is 1.29 bits per heavy atom. The van der Waals surface area contributed by atoms with Crippen molar-refractivity contribution in [1.82, 2.24) is 9.97 Å². The van der Waals surface area contributed by atoms with Crippen molar-refractivity contribution in [2.75, 3.05) is 36.8 Å². The number of nitrogens with two attached hydrogens (primary N) is 2. The maximum absolute atomic E-state index is 6.90. The Labute approximate surface area is 164 Å². The first-order valence-corrected chi connectivity index (χ1v) is 9.35. The molecule has 0 radical (unpaired) electrons. The largest absolute Gasteiger partial charge is 0.497 e. The SMILES string of the molecule is COc1ccc(CC2(N)Nc3c(N)ncnc3N2C2CCCCO2)c(OC)c1. The molecule has 0 amide bonds. The first-order valence-electron chi connectivity index (χ1n) is 9.35. The fraction of sp³-hybridized carbons (Fsp3) is 0.474. The lowest BCUT2D eigenvalue weighted by Gasteiger charge is -2.42. The zero-order valence-corrected chi connectivity index (χ0v) is 16.1. The van der Waals surface area contributed by atoms with Crippen LogP contribution in [0.3, 0.4) is 0 Å². The Morgan fingerprint density at radius 2 is 2.14 bits per heavy atom. The molecule has 1 aromatic heterocycles. The van der Waals surface area contributed by atoms with E-state index in [4.69, 9.17) is 25.7 Å². The van der Waals surface area contributed by atoms with Gasteiger partial charge in [0.2, 0.25) is 0 Å². The number of rotatable bonds is 5. The quantitative estimate of drug-likeness (QED) is 0.705. The van der Waals surface area contributed by atoms with E-state index in [2.05, 4.69) is 15.3 Å². The lowest BCUT2D eigenvalue weighted by Crippen LogP contribution is -2.64. The maximum atomic E-state index is 6.90. The molecule has 9 heteroatoms. The number of hydrogen-bond acceptors (Lipinski definition) is 9. The average molecular weight is 386 g/mol. The number of anilines is 3. The highest BCUT2D eigenvalue weighted by Gasteiger charge is 2.47. The summed E-state index contributed by atoms with van der Waals surface area (Å²) >= 11 is 0. The van der Waals surface area contributed by atoms with Gasteiger partial charge in [0.15, 0.2) is 17.4 Å². The Morgan fingerprint density at radius 3 is 2.86 bits per heavy atom. The fourth-order valence-corrected chi connectivity index (χ4v) is 3.90. The molecule has 5 N–H and O–H groups in total. The minimum absolute atomic E-state index is 0.189. The predicted molar refractivity (Wildman–Crippen MR) is 106 cm³/mol. The maximum Gasteiger partial charge on any atom is 0.171 e. The van der Waals surface area contributed by atoms with Crippen molar-refractivity contribution >= 4 is 17.3 Å². The molecule has 1 aromatic carbocycles. The lowest BCUT2D eigenvalue weighted by atomic mass is 10.0. The van der Waals surface area contributed by atoms with Crippen LogP contribution in [-0.4, -0.2) is 42.8 Å². The summed E-state index contributed by atoms with van der Waals surface area (Å²) in [5, 5.41) is 3.34. The van der Waals surface area contributed by atoms with E-state index in [1.54, 1.807) is 14.2 Å². The predicted octanol–water partition coefficient (Wildman–Crippen LogP) is 1.69. The van der Waals surface area contributed by atoms with Gasteiger partial charge in [0, 0.05) is 24.7 Å². The van der Waals surface area contributed by atoms with E-state index in [-0.39, 0.29) is 6.23 Å². The van der Waals surface area contributed by atoms with Crippen LogP contribution in [0.4, 0.5) is 17.3 Å². The monoisotopic (exact) mass is 386 g/mol. The van der Waals surface area contributed by atoms with Crippen molar-refractivity contribution in [3.05, 3.63) is 30.1 Å². The minimum Gasteiger partial charge on any atom is -0.497 e. The van der Waals surface area contributed by atoms with Gasteiger partial charge in [0.1, 0.15) is 29.7 Å². The van der Waals surface area contributed by atoms with E-state index < -0.39 is 5.79 Å². The Kier molecular flexibility index (Phi) is 4.86. The number of nitrogen functional groups attached to an aromatic ring is 1. The van der Waals surface area contributed by atoms with Crippen LogP contribution >= 0.6 is 0 Å². The van der Waals surface area contributed by atoms with Crippen LogP contribution in [0.15, 0.2) is 24.5 Å². The molecule has 4 rings (SSSR count). The third-order valence-electron chi connectivity index (χ3n) is 5.25. The molecule has 2 unspecified atom stereocenters. The van der Waals surface area contributed by atoms with Gasteiger partial charge in [-0.1, -0.05) is 6.07 Å². The number of benzene rings is 1. The van der Waals surface area contributed by atoms with E-state index >= 15 is 0 Å². The number of nitrogens with zero attached hydrogens (tertiary/aromatic N) is 3. The van der Waals surface area contributed by atoms with Crippen molar-refractivity contribution in [3.63, 3.8) is 0 Å². The Hall–Kier alpha value is -2.78. The molecule has 0 aliphatic carbocycles. The molecular weight excluding hydrogens is 360 g/mol. The molecule has 2 aliphatic rings. The third kappa shape index (κ3) is 3.16. The highest BCUT2D eigenvalue weighted by atomic mass is 16.5. The topological polar surface area (TPSA) is 121 Å². The van der Waals surface area contributed by atoms with Gasteiger partial charge in [-0.25, -0.2) is 9.97 Å². The van der Waals surface area contributed by atoms with Crippen molar-refractivity contribution in [2.45, 2.75) is 37.7 Å². The lowest BCUT2D eigenvalue weighted by molar-refractivity contribution is 0.00366. The summed E-state index contributed by atoms with van der Waals surface area (Å²) in [6, 6.07) is 5.68. The molecular formula is C19H26N6O3. The fourth-order valence-electron chi connectivity index (χ4n) is 3.90. The van der Waals surface area contributed by atoms with Gasteiger partial charge in [-0.3, -0.25) is 10.6 Å². The minimum atomic E-state index is -0.990. The standard InChI is InChI=1S/C19H26N6O3/c1-26-13-7-6-12(14(9-13)27-2)10-19(21)24-16-17(20)22-11-23-18(16)25(19)15-5-3-4-8-28-15/h6-7,9,11,15,24H,3-5,8,10,21H2,1-2H3,(H2,20,22,23). The van der Waals surface area contributed by atoms with Crippen LogP contribution in [0.2, 0.25) is 0 Å². The highest BCUT2D eigenvalue weighted by Crippen LogP contribution is 2.43. The molecule has 2 aromatic rings. The van der Waals surface area contributed by atoms with Gasteiger partial charge >= 0.3 is 0 Å². The molecule has 0 bridgehead atoms. The second-order valence-corrected chi connectivity index (χ2v) is 7.05. The summed E-state index contributed by atoms with van der Waals surface area (Å²) in [7, 11) is 3.25. The summed E-state index contributed by atoms with van der Waals surface area (Å²) in [5.41, 5.74) is 14.6. The van der Waals surface area contributed by atoms with Gasteiger partial charge < -0.3 is 25.3 Å². The van der Waals surface area contributed by atoms with Crippen molar-refractivity contribution < 1.29 is 14.2 Å². The first kappa shape index (κ1) is 18.6. The van der Waals surface area contributed by atoms with Crippen LogP contribution in [0.1, 0.15) is 24.8 Å². The number of fused-ring (bicyclic) bond motifs is 1. The Balaban J connectivity index is 1.73. The smallest absolute Gasteiger partial charge is 0.171 e. The average Bonchev–Trinajstić information content (AvgIpc) is 3.02. The molecule has 150 valence electrons. The van der Waals surface area contributed by atoms with Gasteiger partial charge in [0.05, 0.1) is 14.2 Å². The normalized spacial score (nSPS) is 23.8. The van der Waals surface area contributed by atoms with Gasteiger partial charge in [-0.15, -0.1) is 0 Å². The van der Waals surface area contributed by atoms with Crippen molar-refractivity contribution in [2.24, 2.45) is 5.73 Å². The van der Waals surface area contributed by atoms with Crippen LogP contribution in [-0.2, 0) is 11.2 Å². The summed E-state index contributed by atoms with van der Waals surface area (Å²) in [6.07, 6.45) is 4.68. The summed E-state index contributed by atoms with van der Waals surface area (Å²) < 4.78 is 16.9. The summed E-state index contributed by atoms with van der Waals surface area (Å²) in [6.45, 7) is 0.693. The number of hydrogen-bond donors (Lipinski definition) is 3. The van der Waals surface area contributed by atoms with E-state index in [0.717, 1.165) is 30.6 Å². The zero-order valence-electron chi connectivity index (χ0n) is 16.1. The molecule has 3 heterocycles. The number of ether oxygens (including phenoxy) is 3. The molecule has 1 fully saturated rings. The van der Waals surface area contributed by atoms with E-state index in [1.807, 2.05) is 23.1 Å². The molecule has 2 aliphatic heterocycles. The van der Waals surface area contributed by atoms with Crippen LogP contribution in [0.25, 0.3) is 0 Å². The molecule has 2 atom stereocenters. The second kappa shape index (κ2) is 7.33. The number of methoxy groups -OCH3 is 2. The van der Waals surface area contributed by atoms with E-state index in [1.165, 1.54) is 6.33 Å². The molecule has 0 spiro atoms. The second-order valence-electron chi connectivity index (χ2n) is 7.05. The van der Waals surface area contributed by atoms with Crippen molar-refractivity contribution in [1.29, 1.82) is 0 Å². The first-order chi connectivity index (χ1) is 13.6. The third-order valence-corrected chi connectivity index (χ3v) is 5.25. The van der Waals surface area contributed by atoms with E-state index in [0.29, 0.717) is 36.1 Å². The Bertz CT molecular complexity index is 858. The molecule has 28 heavy (non-hydrogen) atoms. The number of aromatic nitrogens is 2. The van der Waals surface area contributed by atoms with Crippen LogP contribution in [0.5, 0.6) is 11.5 Å². The van der Waals surface area contributed by atoms with Gasteiger partial charge in [0.25, 0.3) is 0 Å². The van der Waals surface area contributed by atoms with Crippen molar-refractivity contribution in [3.8, 4) is 11.5 Å². The summed E-state index contributed by atoms with van der Waals surface area (Å²) in [5.74, 6) is 1.45. The molecule has 1 saturated heterocycles. The molecule has 9 nitrogen and oxygen atoms in total. The van der Waals surface area contributed by atoms with Crippen LogP contribution in [0, 0.1) is 0 Å². The highest BCUT2D eigenvalue weighted by molar-refractivity contribution is 5.82. The van der Waals surface area contributed by atoms with Gasteiger partial charge in [-0.2, -0.15) is 0 Å². The number of nitrogens with one attached hydrogen (secondary N) is 1. The van der Waals surface area contributed by atoms with Crippen LogP contribution < -0.4 is 31.2 Å². The molecule has 0 saturated carbocycles. The zero-order chi connectivity index (χ0) is 19.7. The van der Waals surface area contributed by atoms with E-state index in [9.17, 15) is 0 Å². The van der Waals surface area contributed by atoms with Gasteiger partial charge in [-0.05, 0) is 25.3 Å². The summed E-state index contributed by atoms with van der Waals surface area (Å²) in [4.78, 5) is 10.5.